The van der Waals surface area contributed by atoms with E-state index < -0.39 is 4.92 Å². The van der Waals surface area contributed by atoms with Crippen molar-refractivity contribution in [1.82, 2.24) is 10.2 Å². The number of amides is 1. The lowest BCUT2D eigenvalue weighted by Crippen LogP contribution is -2.30. The van der Waals surface area contributed by atoms with Gasteiger partial charge in [0.05, 0.1) is 4.92 Å². The second-order valence-electron chi connectivity index (χ2n) is 4.00. The van der Waals surface area contributed by atoms with Crippen molar-refractivity contribution in [3.63, 3.8) is 0 Å². The van der Waals surface area contributed by atoms with Crippen molar-refractivity contribution >= 4 is 46.6 Å². The monoisotopic (exact) mass is 311 g/mol. The first-order chi connectivity index (χ1) is 9.43. The highest BCUT2D eigenvalue weighted by Gasteiger charge is 2.29. The first-order valence-corrected chi connectivity index (χ1v) is 6.51. The number of non-ortho nitro benzene ring substituents is 1. The Bertz CT molecular complexity index is 645. The third-order valence-electron chi connectivity index (χ3n) is 2.77. The molecule has 0 aromatic heterocycles. The standard InChI is InChI=1S/C12H10ClN3O3S/c1-2-15-11(17)10(14-12(15)20)6-7-5-8(16(18)19)3-4-9(7)13/h3-6H,2H2,1H3,(H,14,20)/b10-6+. The highest BCUT2D eigenvalue weighted by molar-refractivity contribution is 7.80. The lowest BCUT2D eigenvalue weighted by molar-refractivity contribution is -0.384. The Kier molecular flexibility index (Phi) is 4.01. The highest BCUT2D eigenvalue weighted by atomic mass is 35.5. The molecule has 1 aliphatic heterocycles. The van der Waals surface area contributed by atoms with E-state index in [1.165, 1.54) is 29.2 Å². The van der Waals surface area contributed by atoms with Crippen LogP contribution in [0.15, 0.2) is 23.9 Å². The summed E-state index contributed by atoms with van der Waals surface area (Å²) in [6.45, 7) is 2.25. The summed E-state index contributed by atoms with van der Waals surface area (Å²) in [5, 5.41) is 14.1. The number of carbonyl (C=O) groups is 1. The van der Waals surface area contributed by atoms with E-state index in [0.29, 0.717) is 22.2 Å². The van der Waals surface area contributed by atoms with Gasteiger partial charge in [-0.05, 0) is 31.3 Å². The van der Waals surface area contributed by atoms with Gasteiger partial charge in [-0.25, -0.2) is 0 Å². The van der Waals surface area contributed by atoms with E-state index >= 15 is 0 Å². The van der Waals surface area contributed by atoms with Crippen LogP contribution in [0, 0.1) is 10.1 Å². The number of nitro benzene ring substituents is 1. The van der Waals surface area contributed by atoms with E-state index in [1.54, 1.807) is 6.92 Å². The maximum Gasteiger partial charge on any atom is 0.276 e. The quantitative estimate of drug-likeness (QED) is 0.401. The predicted molar refractivity (Wildman–Crippen MR) is 79.2 cm³/mol. The molecule has 104 valence electrons. The van der Waals surface area contributed by atoms with E-state index in [-0.39, 0.29) is 17.3 Å². The smallest absolute Gasteiger partial charge is 0.276 e. The van der Waals surface area contributed by atoms with Gasteiger partial charge in [0.1, 0.15) is 5.70 Å². The van der Waals surface area contributed by atoms with Crippen LogP contribution in [0.2, 0.25) is 5.02 Å². The Morgan fingerprint density at radius 2 is 2.25 bits per heavy atom. The van der Waals surface area contributed by atoms with Crippen LogP contribution >= 0.6 is 23.8 Å². The minimum absolute atomic E-state index is 0.0957. The molecule has 2 rings (SSSR count). The van der Waals surface area contributed by atoms with Crippen molar-refractivity contribution in [1.29, 1.82) is 0 Å². The predicted octanol–water partition coefficient (Wildman–Crippen LogP) is 2.33. The molecular weight excluding hydrogens is 302 g/mol. The van der Waals surface area contributed by atoms with E-state index in [0.717, 1.165) is 0 Å². The summed E-state index contributed by atoms with van der Waals surface area (Å²) in [6, 6.07) is 4.03. The normalized spacial score (nSPS) is 16.7. The summed E-state index contributed by atoms with van der Waals surface area (Å²) in [4.78, 5) is 23.6. The first kappa shape index (κ1) is 14.4. The summed E-state index contributed by atoms with van der Waals surface area (Å²) in [5.74, 6) is -0.278. The molecule has 8 heteroatoms. The van der Waals surface area contributed by atoms with E-state index in [1.807, 2.05) is 0 Å². The molecule has 20 heavy (non-hydrogen) atoms. The topological polar surface area (TPSA) is 75.5 Å². The fraction of sp³-hybridized carbons (Fsp3) is 0.167. The number of rotatable bonds is 3. The second kappa shape index (κ2) is 5.56. The Morgan fingerprint density at radius 3 is 2.80 bits per heavy atom. The van der Waals surface area contributed by atoms with Crippen LogP contribution in [0.25, 0.3) is 6.08 Å². The Hall–Kier alpha value is -1.99. The van der Waals surface area contributed by atoms with Gasteiger partial charge in [0.25, 0.3) is 11.6 Å². The third-order valence-corrected chi connectivity index (χ3v) is 3.44. The fourth-order valence-electron chi connectivity index (χ4n) is 1.77. The van der Waals surface area contributed by atoms with Crippen molar-refractivity contribution in [2.75, 3.05) is 6.54 Å². The van der Waals surface area contributed by atoms with E-state index in [4.69, 9.17) is 23.8 Å². The van der Waals surface area contributed by atoms with Crippen molar-refractivity contribution in [3.8, 4) is 0 Å². The maximum absolute atomic E-state index is 12.0. The Balaban J connectivity index is 2.41. The van der Waals surface area contributed by atoms with E-state index in [2.05, 4.69) is 5.32 Å². The summed E-state index contributed by atoms with van der Waals surface area (Å²) < 4.78 is 0. The van der Waals surface area contributed by atoms with Crippen LogP contribution in [0.5, 0.6) is 0 Å². The van der Waals surface area contributed by atoms with Gasteiger partial charge in [-0.3, -0.25) is 19.8 Å². The lowest BCUT2D eigenvalue weighted by atomic mass is 10.1. The third kappa shape index (κ3) is 2.63. The largest absolute Gasteiger partial charge is 0.328 e. The highest BCUT2D eigenvalue weighted by Crippen LogP contribution is 2.25. The minimum atomic E-state index is -0.523. The van der Waals surface area contributed by atoms with Gasteiger partial charge >= 0.3 is 0 Å². The number of thiocarbonyl (C=S) groups is 1. The number of carbonyl (C=O) groups excluding carboxylic acids is 1. The molecular formula is C12H10ClN3O3S. The van der Waals surface area contributed by atoms with Crippen LogP contribution in [0.1, 0.15) is 12.5 Å². The van der Waals surface area contributed by atoms with Crippen LogP contribution in [-0.2, 0) is 4.79 Å². The number of hydrogen-bond donors (Lipinski definition) is 1. The Labute approximate surface area is 125 Å². The van der Waals surface area contributed by atoms with Gasteiger partial charge in [-0.1, -0.05) is 11.6 Å². The molecule has 0 unspecified atom stereocenters. The molecule has 0 radical (unpaired) electrons. The molecule has 6 nitrogen and oxygen atoms in total. The average molecular weight is 312 g/mol. The molecule has 1 fully saturated rings. The van der Waals surface area contributed by atoms with Gasteiger partial charge < -0.3 is 5.32 Å². The summed E-state index contributed by atoms with van der Waals surface area (Å²) in [5.41, 5.74) is 0.540. The van der Waals surface area contributed by atoms with Gasteiger partial charge in [-0.2, -0.15) is 0 Å². The van der Waals surface area contributed by atoms with Crippen molar-refractivity contribution in [3.05, 3.63) is 44.6 Å². The molecule has 1 amide bonds. The molecule has 1 aromatic carbocycles. The number of halogens is 1. The molecule has 1 saturated heterocycles. The first-order valence-electron chi connectivity index (χ1n) is 5.72. The Morgan fingerprint density at radius 1 is 1.55 bits per heavy atom. The van der Waals surface area contributed by atoms with Crippen LogP contribution < -0.4 is 5.32 Å². The molecule has 1 N–H and O–H groups in total. The van der Waals surface area contributed by atoms with Crippen molar-refractivity contribution in [2.24, 2.45) is 0 Å². The number of nitrogens with zero attached hydrogens (tertiary/aromatic N) is 2. The lowest BCUT2D eigenvalue weighted by Gasteiger charge is -2.08. The molecule has 0 spiro atoms. The van der Waals surface area contributed by atoms with Crippen molar-refractivity contribution < 1.29 is 9.72 Å². The zero-order valence-corrected chi connectivity index (χ0v) is 12.0. The number of likely N-dealkylation sites (N-methyl/N-ethyl adjacent to an activating group) is 1. The fourth-order valence-corrected chi connectivity index (χ4v) is 2.26. The zero-order valence-electron chi connectivity index (χ0n) is 10.4. The minimum Gasteiger partial charge on any atom is -0.328 e. The molecule has 0 aliphatic carbocycles. The van der Waals surface area contributed by atoms with Crippen LogP contribution in [-0.4, -0.2) is 27.4 Å². The molecule has 0 bridgehead atoms. The summed E-state index contributed by atoms with van der Waals surface area (Å²) >= 11 is 11.0. The summed E-state index contributed by atoms with van der Waals surface area (Å²) in [6.07, 6.45) is 1.46. The van der Waals surface area contributed by atoms with Gasteiger partial charge in [-0.15, -0.1) is 0 Å². The van der Waals surface area contributed by atoms with Crippen LogP contribution in [0.3, 0.4) is 0 Å². The maximum atomic E-state index is 12.0. The average Bonchev–Trinajstić information content (AvgIpc) is 2.66. The summed E-state index contributed by atoms with van der Waals surface area (Å²) in [7, 11) is 0. The van der Waals surface area contributed by atoms with E-state index in [9.17, 15) is 14.9 Å². The number of hydrogen-bond acceptors (Lipinski definition) is 4. The van der Waals surface area contributed by atoms with Gasteiger partial charge in [0, 0.05) is 29.3 Å². The number of nitrogens with one attached hydrogen (secondary N) is 1. The molecule has 0 atom stereocenters. The van der Waals surface area contributed by atoms with Crippen molar-refractivity contribution in [2.45, 2.75) is 6.92 Å². The van der Waals surface area contributed by atoms with Gasteiger partial charge in [0.15, 0.2) is 5.11 Å². The number of nitro groups is 1. The zero-order chi connectivity index (χ0) is 14.9. The molecule has 0 saturated carbocycles. The molecule has 1 aliphatic rings. The second-order valence-corrected chi connectivity index (χ2v) is 4.79. The SMILES string of the molecule is CCN1C(=O)/C(=C\c2cc([N+](=O)[O-])ccc2Cl)NC1=S. The van der Waals surface area contributed by atoms with Crippen LogP contribution in [0.4, 0.5) is 5.69 Å². The van der Waals surface area contributed by atoms with Gasteiger partial charge in [0.2, 0.25) is 0 Å². The molecule has 1 heterocycles. The molecule has 1 aromatic rings. The number of benzene rings is 1.